The third kappa shape index (κ3) is 1.92. The van der Waals surface area contributed by atoms with Crippen molar-refractivity contribution in [3.63, 3.8) is 0 Å². The molecule has 86 valence electrons. The van der Waals surface area contributed by atoms with E-state index < -0.39 is 0 Å². The lowest BCUT2D eigenvalue weighted by Crippen LogP contribution is -2.01. The molecule has 0 bridgehead atoms. The summed E-state index contributed by atoms with van der Waals surface area (Å²) in [6, 6.07) is 5.89. The van der Waals surface area contributed by atoms with E-state index in [0.717, 1.165) is 20.7 Å². The highest BCUT2D eigenvalue weighted by Crippen LogP contribution is 2.30. The van der Waals surface area contributed by atoms with E-state index in [1.165, 1.54) is 23.3 Å². The second-order valence-corrected chi connectivity index (χ2v) is 5.32. The van der Waals surface area contributed by atoms with Gasteiger partial charge in [-0.15, -0.1) is 0 Å². The van der Waals surface area contributed by atoms with E-state index >= 15 is 0 Å². The van der Waals surface area contributed by atoms with Crippen LogP contribution in [-0.2, 0) is 6.54 Å². The fraction of sp³-hybridized carbons (Fsp3) is 0.100. The fourth-order valence-electron chi connectivity index (χ4n) is 1.58. The standard InChI is InChI=1S/C10H9N5S2/c11-5-7-9(16-10-12-6-13-17-10)14-8-3-1-2-4-15(7)8/h1-4,6H,5,11H2. The molecule has 0 saturated carbocycles. The van der Waals surface area contributed by atoms with E-state index in [1.807, 2.05) is 28.8 Å². The molecule has 3 aromatic heterocycles. The zero-order valence-corrected chi connectivity index (χ0v) is 10.4. The van der Waals surface area contributed by atoms with E-state index in [4.69, 9.17) is 5.73 Å². The Morgan fingerprint density at radius 2 is 2.35 bits per heavy atom. The minimum atomic E-state index is 0.451. The Morgan fingerprint density at radius 3 is 3.12 bits per heavy atom. The summed E-state index contributed by atoms with van der Waals surface area (Å²) in [5.41, 5.74) is 7.69. The molecule has 0 saturated heterocycles. The molecule has 17 heavy (non-hydrogen) atoms. The number of hydrogen-bond acceptors (Lipinski definition) is 6. The van der Waals surface area contributed by atoms with Crippen molar-refractivity contribution in [2.75, 3.05) is 0 Å². The van der Waals surface area contributed by atoms with E-state index in [0.29, 0.717) is 6.54 Å². The molecule has 7 heteroatoms. The molecule has 0 aliphatic rings. The number of aromatic nitrogens is 4. The van der Waals surface area contributed by atoms with Gasteiger partial charge >= 0.3 is 0 Å². The van der Waals surface area contributed by atoms with Crippen molar-refractivity contribution < 1.29 is 0 Å². The average Bonchev–Trinajstić information content (AvgIpc) is 2.96. The molecular formula is C10H9N5S2. The maximum atomic E-state index is 5.78. The summed E-state index contributed by atoms with van der Waals surface area (Å²) in [6.07, 6.45) is 3.51. The second kappa shape index (κ2) is 4.44. The van der Waals surface area contributed by atoms with Crippen LogP contribution in [-0.4, -0.2) is 18.7 Å². The highest BCUT2D eigenvalue weighted by Gasteiger charge is 2.12. The van der Waals surface area contributed by atoms with Crippen LogP contribution in [0.5, 0.6) is 0 Å². The van der Waals surface area contributed by atoms with Crippen LogP contribution in [0.15, 0.2) is 40.1 Å². The highest BCUT2D eigenvalue weighted by atomic mass is 32.2. The molecule has 0 radical (unpaired) electrons. The number of pyridine rings is 1. The molecule has 3 aromatic rings. The van der Waals surface area contributed by atoms with Gasteiger partial charge in [-0.25, -0.2) is 9.97 Å². The molecule has 0 aliphatic carbocycles. The maximum Gasteiger partial charge on any atom is 0.176 e. The largest absolute Gasteiger partial charge is 0.325 e. The third-order valence-electron chi connectivity index (χ3n) is 2.31. The summed E-state index contributed by atoms with van der Waals surface area (Å²) in [5, 5.41) is 0.899. The van der Waals surface area contributed by atoms with Crippen LogP contribution in [0.25, 0.3) is 5.65 Å². The first-order chi connectivity index (χ1) is 8.38. The molecule has 3 rings (SSSR count). The van der Waals surface area contributed by atoms with Crippen LogP contribution in [0.2, 0.25) is 0 Å². The Kier molecular flexibility index (Phi) is 2.79. The van der Waals surface area contributed by atoms with Crippen molar-refractivity contribution in [1.82, 2.24) is 18.7 Å². The van der Waals surface area contributed by atoms with Crippen LogP contribution < -0.4 is 5.73 Å². The molecular weight excluding hydrogens is 254 g/mol. The van der Waals surface area contributed by atoms with E-state index in [-0.39, 0.29) is 0 Å². The van der Waals surface area contributed by atoms with Crippen LogP contribution in [0.4, 0.5) is 0 Å². The van der Waals surface area contributed by atoms with Gasteiger partial charge in [0.05, 0.1) is 5.69 Å². The van der Waals surface area contributed by atoms with E-state index in [9.17, 15) is 0 Å². The topological polar surface area (TPSA) is 69.1 Å². The summed E-state index contributed by atoms with van der Waals surface area (Å²) in [5.74, 6) is 0. The summed E-state index contributed by atoms with van der Waals surface area (Å²) >= 11 is 2.86. The van der Waals surface area contributed by atoms with Gasteiger partial charge in [-0.2, -0.15) is 4.37 Å². The van der Waals surface area contributed by atoms with Crippen molar-refractivity contribution in [2.24, 2.45) is 5.73 Å². The molecule has 0 aromatic carbocycles. The van der Waals surface area contributed by atoms with Crippen molar-refractivity contribution in [2.45, 2.75) is 15.9 Å². The molecule has 5 nitrogen and oxygen atoms in total. The van der Waals surface area contributed by atoms with Crippen molar-refractivity contribution in [3.8, 4) is 0 Å². The molecule has 0 amide bonds. The molecule has 0 spiro atoms. The Balaban J connectivity index is 2.09. The summed E-state index contributed by atoms with van der Waals surface area (Å²) in [7, 11) is 0. The van der Waals surface area contributed by atoms with Gasteiger partial charge in [-0.3, -0.25) is 0 Å². The minimum absolute atomic E-state index is 0.451. The lowest BCUT2D eigenvalue weighted by Gasteiger charge is -1.99. The number of fused-ring (bicyclic) bond motifs is 1. The second-order valence-electron chi connectivity index (χ2n) is 3.31. The molecule has 0 atom stereocenters. The van der Waals surface area contributed by atoms with Gasteiger partial charge in [0.15, 0.2) is 4.34 Å². The molecule has 0 aliphatic heterocycles. The van der Waals surface area contributed by atoms with E-state index in [1.54, 1.807) is 6.33 Å². The van der Waals surface area contributed by atoms with Crippen LogP contribution in [0, 0.1) is 0 Å². The Labute approximate surface area is 106 Å². The molecule has 2 N–H and O–H groups in total. The van der Waals surface area contributed by atoms with Crippen LogP contribution in [0.3, 0.4) is 0 Å². The Hall–Kier alpha value is -1.44. The van der Waals surface area contributed by atoms with Gasteiger partial charge in [0.1, 0.15) is 17.0 Å². The Morgan fingerprint density at radius 1 is 1.41 bits per heavy atom. The Bertz CT molecular complexity index is 631. The van der Waals surface area contributed by atoms with Gasteiger partial charge in [0.25, 0.3) is 0 Å². The lowest BCUT2D eigenvalue weighted by molar-refractivity contribution is 0.920. The monoisotopic (exact) mass is 263 g/mol. The number of nitrogens with zero attached hydrogens (tertiary/aromatic N) is 4. The first kappa shape index (κ1) is 10.7. The van der Waals surface area contributed by atoms with Gasteiger partial charge in [-0.05, 0) is 35.4 Å². The number of hydrogen-bond donors (Lipinski definition) is 1. The van der Waals surface area contributed by atoms with Gasteiger partial charge in [-0.1, -0.05) is 6.07 Å². The SMILES string of the molecule is NCc1c(Sc2ncns2)nc2ccccn12. The maximum absolute atomic E-state index is 5.78. The van der Waals surface area contributed by atoms with Gasteiger partial charge in [0, 0.05) is 12.7 Å². The van der Waals surface area contributed by atoms with Gasteiger partial charge in [0.2, 0.25) is 0 Å². The minimum Gasteiger partial charge on any atom is -0.325 e. The summed E-state index contributed by atoms with van der Waals surface area (Å²) < 4.78 is 6.85. The summed E-state index contributed by atoms with van der Waals surface area (Å²) in [6.45, 7) is 0.451. The number of imidazole rings is 1. The number of rotatable bonds is 3. The van der Waals surface area contributed by atoms with E-state index in [2.05, 4.69) is 14.3 Å². The third-order valence-corrected chi connectivity index (χ3v) is 4.05. The fourth-order valence-corrected chi connectivity index (χ4v) is 3.08. The van der Waals surface area contributed by atoms with Crippen molar-refractivity contribution in [1.29, 1.82) is 0 Å². The zero-order valence-electron chi connectivity index (χ0n) is 8.78. The first-order valence-corrected chi connectivity index (χ1v) is 6.58. The summed E-state index contributed by atoms with van der Waals surface area (Å²) in [4.78, 5) is 8.68. The van der Waals surface area contributed by atoms with Gasteiger partial charge < -0.3 is 10.1 Å². The number of nitrogens with two attached hydrogens (primary N) is 1. The first-order valence-electron chi connectivity index (χ1n) is 4.99. The quantitative estimate of drug-likeness (QED) is 0.780. The molecule has 0 unspecified atom stereocenters. The van der Waals surface area contributed by atoms with Crippen molar-refractivity contribution >= 4 is 28.9 Å². The predicted octanol–water partition coefficient (Wildman–Crippen LogP) is 1.80. The molecule has 0 fully saturated rings. The van der Waals surface area contributed by atoms with Crippen LogP contribution in [0.1, 0.15) is 5.69 Å². The normalized spacial score (nSPS) is 11.1. The molecule has 3 heterocycles. The van der Waals surface area contributed by atoms with Crippen molar-refractivity contribution in [3.05, 3.63) is 36.4 Å². The zero-order chi connectivity index (χ0) is 11.7. The smallest absolute Gasteiger partial charge is 0.176 e. The highest BCUT2D eigenvalue weighted by molar-refractivity contribution is 8.00. The average molecular weight is 263 g/mol. The lowest BCUT2D eigenvalue weighted by atomic mass is 10.4. The predicted molar refractivity (Wildman–Crippen MR) is 67.1 cm³/mol. The van der Waals surface area contributed by atoms with Crippen LogP contribution >= 0.6 is 23.3 Å².